The van der Waals surface area contributed by atoms with E-state index in [0.29, 0.717) is 6.54 Å². The Morgan fingerprint density at radius 3 is 2.95 bits per heavy atom. The van der Waals surface area contributed by atoms with E-state index in [1.165, 1.54) is 0 Å². The summed E-state index contributed by atoms with van der Waals surface area (Å²) in [5.74, 6) is 0.354. The molecule has 3 rings (SSSR count). The number of anilines is 2. The zero-order valence-corrected chi connectivity index (χ0v) is 10.5. The van der Waals surface area contributed by atoms with E-state index < -0.39 is 0 Å². The lowest BCUT2D eigenvalue weighted by molar-refractivity contribution is -0.117. The number of carbonyl (C=O) groups is 1. The average Bonchev–Trinajstić information content (AvgIpc) is 3.14. The molecule has 1 saturated carbocycles. The number of aromatic nitrogens is 2. The van der Waals surface area contributed by atoms with E-state index in [1.54, 1.807) is 12.5 Å². The van der Waals surface area contributed by atoms with Crippen LogP contribution in [-0.4, -0.2) is 15.9 Å². The second-order valence-electron chi connectivity index (χ2n) is 4.77. The predicted molar refractivity (Wildman–Crippen MR) is 73.7 cm³/mol. The number of hydrogen-bond acceptors (Lipinski definition) is 3. The van der Waals surface area contributed by atoms with Gasteiger partial charge in [0.05, 0.1) is 18.6 Å². The first-order valence-electron chi connectivity index (χ1n) is 6.43. The summed E-state index contributed by atoms with van der Waals surface area (Å²) in [6, 6.07) is 7.75. The van der Waals surface area contributed by atoms with Gasteiger partial charge in [0.15, 0.2) is 0 Å². The number of imidazole rings is 1. The summed E-state index contributed by atoms with van der Waals surface area (Å²) >= 11 is 0. The highest BCUT2D eigenvalue weighted by molar-refractivity contribution is 5.94. The predicted octanol–water partition coefficient (Wildman–Crippen LogP) is 2.37. The van der Waals surface area contributed by atoms with Crippen molar-refractivity contribution < 1.29 is 4.79 Å². The van der Waals surface area contributed by atoms with Gasteiger partial charge in [-0.05, 0) is 31.0 Å². The monoisotopic (exact) mass is 256 g/mol. The molecule has 0 atom stereocenters. The minimum Gasteiger partial charge on any atom is -0.379 e. The van der Waals surface area contributed by atoms with Gasteiger partial charge in [-0.1, -0.05) is 6.07 Å². The van der Waals surface area contributed by atoms with Crippen LogP contribution >= 0.6 is 0 Å². The lowest BCUT2D eigenvalue weighted by Gasteiger charge is -2.08. The molecule has 0 radical (unpaired) electrons. The molecule has 98 valence electrons. The van der Waals surface area contributed by atoms with Gasteiger partial charge in [-0.15, -0.1) is 0 Å². The first kappa shape index (κ1) is 11.8. The van der Waals surface area contributed by atoms with Gasteiger partial charge >= 0.3 is 0 Å². The quantitative estimate of drug-likeness (QED) is 0.769. The number of aromatic amines is 1. The molecule has 1 fully saturated rings. The standard InChI is InChI=1S/C14H16N4O/c19-14(10-4-5-10)18-12-3-1-2-11(6-12)16-8-13-7-15-9-17-13/h1-3,6-7,9-10,16H,4-5,8H2,(H,15,17)(H,18,19). The topological polar surface area (TPSA) is 69.8 Å². The SMILES string of the molecule is O=C(Nc1cccc(NCc2cnc[nH]2)c1)C1CC1. The van der Waals surface area contributed by atoms with Crippen molar-refractivity contribution in [1.29, 1.82) is 0 Å². The third-order valence-corrected chi connectivity index (χ3v) is 3.12. The summed E-state index contributed by atoms with van der Waals surface area (Å²) in [6.45, 7) is 0.681. The lowest BCUT2D eigenvalue weighted by Crippen LogP contribution is -2.13. The van der Waals surface area contributed by atoms with Gasteiger partial charge in [0.25, 0.3) is 0 Å². The van der Waals surface area contributed by atoms with Gasteiger partial charge < -0.3 is 15.6 Å². The molecule has 0 unspecified atom stereocenters. The van der Waals surface area contributed by atoms with Crippen LogP contribution in [-0.2, 0) is 11.3 Å². The van der Waals surface area contributed by atoms with Crippen molar-refractivity contribution in [2.45, 2.75) is 19.4 Å². The fourth-order valence-corrected chi connectivity index (χ4v) is 1.88. The molecule has 1 aromatic carbocycles. The van der Waals surface area contributed by atoms with Crippen LogP contribution in [0.15, 0.2) is 36.8 Å². The summed E-state index contributed by atoms with van der Waals surface area (Å²) in [5, 5.41) is 6.22. The molecule has 19 heavy (non-hydrogen) atoms. The molecule has 1 heterocycles. The molecule has 0 bridgehead atoms. The van der Waals surface area contributed by atoms with Crippen molar-refractivity contribution in [2.24, 2.45) is 5.92 Å². The molecule has 0 aliphatic heterocycles. The van der Waals surface area contributed by atoms with Crippen molar-refractivity contribution in [3.63, 3.8) is 0 Å². The van der Waals surface area contributed by atoms with Crippen LogP contribution in [0, 0.1) is 5.92 Å². The molecule has 3 N–H and O–H groups in total. The molecule has 1 amide bonds. The van der Waals surface area contributed by atoms with E-state index in [-0.39, 0.29) is 11.8 Å². The Kier molecular flexibility index (Phi) is 3.18. The van der Waals surface area contributed by atoms with Crippen LogP contribution in [0.4, 0.5) is 11.4 Å². The van der Waals surface area contributed by atoms with Crippen molar-refractivity contribution in [2.75, 3.05) is 10.6 Å². The van der Waals surface area contributed by atoms with Crippen molar-refractivity contribution >= 4 is 17.3 Å². The van der Waals surface area contributed by atoms with Gasteiger partial charge in [0, 0.05) is 23.5 Å². The maximum atomic E-state index is 11.7. The summed E-state index contributed by atoms with van der Waals surface area (Å²) in [5.41, 5.74) is 2.84. The number of nitrogens with zero attached hydrogens (tertiary/aromatic N) is 1. The molecule has 1 aromatic heterocycles. The Bertz CT molecular complexity index is 561. The zero-order valence-electron chi connectivity index (χ0n) is 10.5. The molecular formula is C14H16N4O. The third-order valence-electron chi connectivity index (χ3n) is 3.12. The van der Waals surface area contributed by atoms with Crippen LogP contribution in [0.1, 0.15) is 18.5 Å². The summed E-state index contributed by atoms with van der Waals surface area (Å²) in [6.07, 6.45) is 5.47. The van der Waals surface area contributed by atoms with Gasteiger partial charge in [0.2, 0.25) is 5.91 Å². The number of carbonyl (C=O) groups excluding carboxylic acids is 1. The van der Waals surface area contributed by atoms with E-state index >= 15 is 0 Å². The van der Waals surface area contributed by atoms with Gasteiger partial charge in [-0.2, -0.15) is 0 Å². The average molecular weight is 256 g/mol. The number of hydrogen-bond donors (Lipinski definition) is 3. The molecule has 1 aliphatic rings. The highest BCUT2D eigenvalue weighted by atomic mass is 16.2. The number of H-pyrrole nitrogens is 1. The minimum absolute atomic E-state index is 0.130. The fourth-order valence-electron chi connectivity index (χ4n) is 1.88. The fraction of sp³-hybridized carbons (Fsp3) is 0.286. The normalized spacial score (nSPS) is 14.1. The molecule has 5 heteroatoms. The van der Waals surface area contributed by atoms with Crippen LogP contribution in [0.25, 0.3) is 0 Å². The third kappa shape index (κ3) is 3.13. The molecule has 0 saturated heterocycles. The second-order valence-corrected chi connectivity index (χ2v) is 4.77. The first-order valence-corrected chi connectivity index (χ1v) is 6.43. The molecule has 1 aliphatic carbocycles. The number of nitrogens with one attached hydrogen (secondary N) is 3. The Morgan fingerprint density at radius 2 is 2.21 bits per heavy atom. The Balaban J connectivity index is 1.60. The number of amides is 1. The van der Waals surface area contributed by atoms with Crippen LogP contribution < -0.4 is 10.6 Å². The molecule has 0 spiro atoms. The van der Waals surface area contributed by atoms with Crippen molar-refractivity contribution in [1.82, 2.24) is 9.97 Å². The van der Waals surface area contributed by atoms with E-state index in [9.17, 15) is 4.79 Å². The smallest absolute Gasteiger partial charge is 0.227 e. The minimum atomic E-state index is 0.130. The molecular weight excluding hydrogens is 240 g/mol. The van der Waals surface area contributed by atoms with Crippen LogP contribution in [0.3, 0.4) is 0 Å². The van der Waals surface area contributed by atoms with Gasteiger partial charge in [0.1, 0.15) is 0 Å². The van der Waals surface area contributed by atoms with E-state index in [2.05, 4.69) is 20.6 Å². The van der Waals surface area contributed by atoms with Gasteiger partial charge in [-0.25, -0.2) is 4.98 Å². The maximum Gasteiger partial charge on any atom is 0.227 e. The lowest BCUT2D eigenvalue weighted by atomic mass is 10.2. The van der Waals surface area contributed by atoms with E-state index in [1.807, 2.05) is 24.3 Å². The largest absolute Gasteiger partial charge is 0.379 e. The van der Waals surface area contributed by atoms with E-state index in [4.69, 9.17) is 0 Å². The Labute approximate surface area is 111 Å². The van der Waals surface area contributed by atoms with Crippen molar-refractivity contribution in [3.8, 4) is 0 Å². The first-order chi connectivity index (χ1) is 9.31. The molecule has 2 aromatic rings. The maximum absolute atomic E-state index is 11.7. The molecule has 5 nitrogen and oxygen atoms in total. The highest BCUT2D eigenvalue weighted by Crippen LogP contribution is 2.30. The summed E-state index contributed by atoms with van der Waals surface area (Å²) in [7, 11) is 0. The Morgan fingerprint density at radius 1 is 1.37 bits per heavy atom. The van der Waals surface area contributed by atoms with Crippen LogP contribution in [0.2, 0.25) is 0 Å². The number of benzene rings is 1. The van der Waals surface area contributed by atoms with Crippen molar-refractivity contribution in [3.05, 3.63) is 42.5 Å². The summed E-state index contributed by atoms with van der Waals surface area (Å²) in [4.78, 5) is 18.7. The van der Waals surface area contributed by atoms with E-state index in [0.717, 1.165) is 29.9 Å². The highest BCUT2D eigenvalue weighted by Gasteiger charge is 2.29. The summed E-state index contributed by atoms with van der Waals surface area (Å²) < 4.78 is 0. The zero-order chi connectivity index (χ0) is 13.1. The van der Waals surface area contributed by atoms with Gasteiger partial charge in [-0.3, -0.25) is 4.79 Å². The second kappa shape index (κ2) is 5.14. The number of rotatable bonds is 5. The Hall–Kier alpha value is -2.30. The van der Waals surface area contributed by atoms with Crippen LogP contribution in [0.5, 0.6) is 0 Å².